The lowest BCUT2D eigenvalue weighted by atomic mass is 9.61. The van der Waals surface area contributed by atoms with Crippen LogP contribution in [0.1, 0.15) is 26.7 Å². The Morgan fingerprint density at radius 3 is 1.90 bits per heavy atom. The van der Waals surface area contributed by atoms with E-state index in [2.05, 4.69) is 0 Å². The molecule has 1 rings (SSSR count). The zero-order chi connectivity index (χ0) is 7.99. The average molecular weight is 144 g/mol. The van der Waals surface area contributed by atoms with Gasteiger partial charge < -0.3 is 10.2 Å². The maximum atomic E-state index is 10.3. The highest BCUT2D eigenvalue weighted by atomic mass is 16.4. The van der Waals surface area contributed by atoms with Crippen LogP contribution in [0.2, 0.25) is 0 Å². The number of hydrogen-bond donors (Lipinski definition) is 2. The van der Waals surface area contributed by atoms with Crippen molar-refractivity contribution in [3.63, 3.8) is 0 Å². The smallest absolute Gasteiger partial charge is 0.335 e. The molecule has 3 nitrogen and oxygen atoms in total. The highest BCUT2D eigenvalue weighted by molar-refractivity contribution is 5.78. The van der Waals surface area contributed by atoms with Gasteiger partial charge in [0.25, 0.3) is 0 Å². The van der Waals surface area contributed by atoms with Crippen molar-refractivity contribution in [2.24, 2.45) is 5.41 Å². The highest BCUT2D eigenvalue weighted by Crippen LogP contribution is 2.47. The predicted octanol–water partition coefficient (Wildman–Crippen LogP) is 0.622. The fourth-order valence-corrected chi connectivity index (χ4v) is 1.68. The van der Waals surface area contributed by atoms with Crippen LogP contribution < -0.4 is 0 Å². The third-order valence-corrected chi connectivity index (χ3v) is 1.94. The molecule has 0 radical (unpaired) electrons. The molecule has 0 saturated heterocycles. The first-order valence-electron chi connectivity index (χ1n) is 3.32. The minimum absolute atomic E-state index is 0.00708. The van der Waals surface area contributed by atoms with E-state index in [1.54, 1.807) is 0 Å². The van der Waals surface area contributed by atoms with Gasteiger partial charge >= 0.3 is 5.97 Å². The van der Waals surface area contributed by atoms with E-state index >= 15 is 0 Å². The highest BCUT2D eigenvalue weighted by Gasteiger charge is 2.53. The van der Waals surface area contributed by atoms with E-state index < -0.39 is 11.6 Å². The Morgan fingerprint density at radius 1 is 1.40 bits per heavy atom. The Labute approximate surface area is 59.7 Å². The maximum absolute atomic E-state index is 10.3. The van der Waals surface area contributed by atoms with Crippen LogP contribution in [0.5, 0.6) is 0 Å². The molecule has 2 N–H and O–H groups in total. The largest absolute Gasteiger partial charge is 0.479 e. The first-order valence-corrected chi connectivity index (χ1v) is 3.32. The summed E-state index contributed by atoms with van der Waals surface area (Å²) in [5.41, 5.74) is -1.42. The molecule has 0 unspecified atom stereocenters. The second kappa shape index (κ2) is 1.72. The van der Waals surface area contributed by atoms with Crippen LogP contribution in [0.25, 0.3) is 0 Å². The number of hydrogen-bond acceptors (Lipinski definition) is 2. The van der Waals surface area contributed by atoms with Gasteiger partial charge in [0.05, 0.1) is 0 Å². The molecule has 1 saturated carbocycles. The second-order valence-corrected chi connectivity index (χ2v) is 3.85. The lowest BCUT2D eigenvalue weighted by Gasteiger charge is -2.46. The summed E-state index contributed by atoms with van der Waals surface area (Å²) in [6, 6.07) is 0. The molecular formula is C7H12O3. The van der Waals surface area contributed by atoms with Gasteiger partial charge in [-0.2, -0.15) is 0 Å². The van der Waals surface area contributed by atoms with Crippen LogP contribution in [0.15, 0.2) is 0 Å². The molecule has 0 aliphatic heterocycles. The van der Waals surface area contributed by atoms with Crippen LogP contribution in [0.4, 0.5) is 0 Å². The number of aliphatic carboxylic acids is 1. The topological polar surface area (TPSA) is 57.5 Å². The molecule has 0 amide bonds. The molecule has 58 valence electrons. The van der Waals surface area contributed by atoms with E-state index in [0.29, 0.717) is 12.8 Å². The Hall–Kier alpha value is -0.570. The maximum Gasteiger partial charge on any atom is 0.335 e. The number of aliphatic hydroxyl groups is 1. The number of carboxylic acids is 1. The quantitative estimate of drug-likeness (QED) is 0.567. The van der Waals surface area contributed by atoms with E-state index in [9.17, 15) is 9.90 Å². The van der Waals surface area contributed by atoms with Gasteiger partial charge in [-0.25, -0.2) is 4.79 Å². The van der Waals surface area contributed by atoms with Gasteiger partial charge in [0.15, 0.2) is 5.60 Å². The van der Waals surface area contributed by atoms with E-state index in [0.717, 1.165) is 0 Å². The van der Waals surface area contributed by atoms with E-state index in [1.807, 2.05) is 13.8 Å². The van der Waals surface area contributed by atoms with Crippen molar-refractivity contribution in [1.29, 1.82) is 0 Å². The predicted molar refractivity (Wildman–Crippen MR) is 35.6 cm³/mol. The molecule has 1 aliphatic rings. The van der Waals surface area contributed by atoms with Gasteiger partial charge in [-0.3, -0.25) is 0 Å². The number of carboxylic acid groups (broad SMARTS) is 1. The zero-order valence-electron chi connectivity index (χ0n) is 6.22. The summed E-state index contributed by atoms with van der Waals surface area (Å²) >= 11 is 0. The monoisotopic (exact) mass is 144 g/mol. The summed E-state index contributed by atoms with van der Waals surface area (Å²) in [5.74, 6) is -1.09. The molecule has 3 heteroatoms. The Kier molecular flexibility index (Phi) is 1.30. The van der Waals surface area contributed by atoms with Crippen LogP contribution >= 0.6 is 0 Å². The molecule has 0 bridgehead atoms. The van der Waals surface area contributed by atoms with E-state index in [4.69, 9.17) is 5.11 Å². The molecule has 0 aromatic heterocycles. The van der Waals surface area contributed by atoms with E-state index in [1.165, 1.54) is 0 Å². The Morgan fingerprint density at radius 2 is 1.80 bits per heavy atom. The van der Waals surface area contributed by atoms with Crippen LogP contribution in [-0.4, -0.2) is 21.8 Å². The van der Waals surface area contributed by atoms with Gasteiger partial charge in [-0.1, -0.05) is 13.8 Å². The number of rotatable bonds is 1. The fraction of sp³-hybridized carbons (Fsp3) is 0.857. The van der Waals surface area contributed by atoms with Crippen LogP contribution in [-0.2, 0) is 4.79 Å². The van der Waals surface area contributed by atoms with Crippen molar-refractivity contribution >= 4 is 5.97 Å². The molecule has 0 heterocycles. The number of carbonyl (C=O) groups is 1. The third kappa shape index (κ3) is 1.01. The summed E-state index contributed by atoms with van der Waals surface area (Å²) in [6.45, 7) is 3.90. The van der Waals surface area contributed by atoms with Crippen molar-refractivity contribution in [3.05, 3.63) is 0 Å². The SMILES string of the molecule is CC1(C)CC(O)(C(=O)O)C1. The van der Waals surface area contributed by atoms with Crippen molar-refractivity contribution in [2.45, 2.75) is 32.3 Å². The molecule has 0 aromatic carbocycles. The summed E-state index contributed by atoms with van der Waals surface area (Å²) in [7, 11) is 0. The molecule has 1 fully saturated rings. The zero-order valence-corrected chi connectivity index (χ0v) is 6.22. The van der Waals surface area contributed by atoms with Crippen molar-refractivity contribution in [2.75, 3.05) is 0 Å². The molecule has 0 spiro atoms. The van der Waals surface area contributed by atoms with Gasteiger partial charge in [0.1, 0.15) is 0 Å². The summed E-state index contributed by atoms with van der Waals surface area (Å²) in [6.07, 6.45) is 0.741. The van der Waals surface area contributed by atoms with Crippen molar-refractivity contribution in [3.8, 4) is 0 Å². The summed E-state index contributed by atoms with van der Waals surface area (Å²) in [5, 5.41) is 17.7. The summed E-state index contributed by atoms with van der Waals surface area (Å²) in [4.78, 5) is 10.3. The normalized spacial score (nSPS) is 27.1. The molecule has 1 aliphatic carbocycles. The fourth-order valence-electron chi connectivity index (χ4n) is 1.68. The Bertz CT molecular complexity index is 164. The second-order valence-electron chi connectivity index (χ2n) is 3.85. The summed E-state index contributed by atoms with van der Waals surface area (Å²) < 4.78 is 0. The first-order chi connectivity index (χ1) is 4.36. The van der Waals surface area contributed by atoms with Crippen LogP contribution in [0.3, 0.4) is 0 Å². The molecular weight excluding hydrogens is 132 g/mol. The van der Waals surface area contributed by atoms with Gasteiger partial charge in [-0.05, 0) is 18.3 Å². The standard InChI is InChI=1S/C7H12O3/c1-6(2)3-7(10,4-6)5(8)9/h10H,3-4H2,1-2H3,(H,8,9). The van der Waals surface area contributed by atoms with Crippen molar-refractivity contribution in [1.82, 2.24) is 0 Å². The van der Waals surface area contributed by atoms with Crippen molar-refractivity contribution < 1.29 is 15.0 Å². The lowest BCUT2D eigenvalue weighted by Crippen LogP contribution is -2.54. The molecule has 0 aromatic rings. The van der Waals surface area contributed by atoms with Crippen LogP contribution in [0, 0.1) is 5.41 Å². The first kappa shape index (κ1) is 7.54. The molecule has 10 heavy (non-hydrogen) atoms. The lowest BCUT2D eigenvalue weighted by molar-refractivity contribution is -0.183. The van der Waals surface area contributed by atoms with Gasteiger partial charge in [-0.15, -0.1) is 0 Å². The molecule has 0 atom stereocenters. The van der Waals surface area contributed by atoms with E-state index in [-0.39, 0.29) is 5.41 Å². The average Bonchev–Trinajstić information content (AvgIpc) is 1.59. The minimum Gasteiger partial charge on any atom is -0.479 e. The third-order valence-electron chi connectivity index (χ3n) is 1.94. The Balaban J connectivity index is 2.58. The van der Waals surface area contributed by atoms with Gasteiger partial charge in [0.2, 0.25) is 0 Å². The van der Waals surface area contributed by atoms with Gasteiger partial charge in [0, 0.05) is 0 Å². The minimum atomic E-state index is -1.43.